The van der Waals surface area contributed by atoms with Crippen molar-refractivity contribution in [3.63, 3.8) is 0 Å². The maximum absolute atomic E-state index is 13.7. The summed E-state index contributed by atoms with van der Waals surface area (Å²) in [6.45, 7) is 7.80. The van der Waals surface area contributed by atoms with Crippen LogP contribution in [0.25, 0.3) is 10.9 Å². The average molecular weight is 457 g/mol. The first-order valence-electron chi connectivity index (χ1n) is 12.1. The summed E-state index contributed by atoms with van der Waals surface area (Å²) in [6.07, 6.45) is 3.44. The minimum Gasteiger partial charge on any atom is -0.356 e. The van der Waals surface area contributed by atoms with Crippen LogP contribution in [0, 0.1) is 18.7 Å². The van der Waals surface area contributed by atoms with Crippen LogP contribution < -0.4 is 5.32 Å². The van der Waals surface area contributed by atoms with Crippen molar-refractivity contribution >= 4 is 16.8 Å². The second kappa shape index (κ2) is 10.7. The molecule has 0 bridgehead atoms. The summed E-state index contributed by atoms with van der Waals surface area (Å²) in [5.74, 6) is 0.118. The molecule has 4 rings (SSSR count). The van der Waals surface area contributed by atoms with E-state index in [0.29, 0.717) is 18.9 Å². The Bertz CT molecular complexity index is 1240. The van der Waals surface area contributed by atoms with Gasteiger partial charge in [0.15, 0.2) is 0 Å². The molecule has 0 fully saturated rings. The van der Waals surface area contributed by atoms with Gasteiger partial charge in [-0.05, 0) is 54.2 Å². The molecule has 0 saturated carbocycles. The van der Waals surface area contributed by atoms with Crippen molar-refractivity contribution in [1.29, 1.82) is 0 Å². The molecule has 3 nitrogen and oxygen atoms in total. The van der Waals surface area contributed by atoms with E-state index in [1.54, 1.807) is 12.1 Å². The first kappa shape index (κ1) is 23.7. The number of rotatable bonds is 9. The van der Waals surface area contributed by atoms with Crippen molar-refractivity contribution in [2.75, 3.05) is 6.54 Å². The van der Waals surface area contributed by atoms with Crippen molar-refractivity contribution in [2.24, 2.45) is 5.92 Å². The van der Waals surface area contributed by atoms with E-state index in [-0.39, 0.29) is 17.6 Å². The fourth-order valence-corrected chi connectivity index (χ4v) is 4.43. The summed E-state index contributed by atoms with van der Waals surface area (Å²) >= 11 is 0. The number of fused-ring (bicyclic) bond motifs is 1. The van der Waals surface area contributed by atoms with Gasteiger partial charge in [0.05, 0.1) is 0 Å². The fraction of sp³-hybridized carbons (Fsp3) is 0.300. The first-order chi connectivity index (χ1) is 16.4. The molecule has 0 radical (unpaired) electrons. The van der Waals surface area contributed by atoms with Gasteiger partial charge < -0.3 is 9.88 Å². The molecule has 1 unspecified atom stereocenters. The van der Waals surface area contributed by atoms with Crippen LogP contribution in [0.15, 0.2) is 79.0 Å². The molecule has 0 aliphatic heterocycles. The Morgan fingerprint density at radius 3 is 2.38 bits per heavy atom. The average Bonchev–Trinajstić information content (AvgIpc) is 3.17. The Labute approximate surface area is 201 Å². The highest BCUT2D eigenvalue weighted by Gasteiger charge is 2.23. The lowest BCUT2D eigenvalue weighted by molar-refractivity contribution is -0.121. The van der Waals surface area contributed by atoms with Gasteiger partial charge >= 0.3 is 0 Å². The second-order valence-corrected chi connectivity index (χ2v) is 9.56. The highest BCUT2D eigenvalue weighted by atomic mass is 19.1. The van der Waals surface area contributed by atoms with Gasteiger partial charge in [-0.3, -0.25) is 4.79 Å². The minimum atomic E-state index is -0.273. The highest BCUT2D eigenvalue weighted by molar-refractivity contribution is 5.86. The van der Waals surface area contributed by atoms with Crippen molar-refractivity contribution in [3.05, 3.63) is 107 Å². The minimum absolute atomic E-state index is 0.0188. The van der Waals surface area contributed by atoms with E-state index in [0.717, 1.165) is 35.0 Å². The van der Waals surface area contributed by atoms with Crippen molar-refractivity contribution in [2.45, 2.75) is 46.1 Å². The molecule has 1 N–H and O–H groups in total. The number of carbonyl (C=O) groups excluding carboxylic acids is 1. The Morgan fingerprint density at radius 2 is 1.68 bits per heavy atom. The van der Waals surface area contributed by atoms with Gasteiger partial charge in [-0.2, -0.15) is 0 Å². The summed E-state index contributed by atoms with van der Waals surface area (Å²) < 4.78 is 16.0. The zero-order valence-electron chi connectivity index (χ0n) is 20.2. The molecular formula is C30H33FN2O. The van der Waals surface area contributed by atoms with Crippen molar-refractivity contribution in [1.82, 2.24) is 9.88 Å². The van der Waals surface area contributed by atoms with Gasteiger partial charge in [-0.15, -0.1) is 0 Å². The number of nitrogens with one attached hydrogen (secondary N) is 1. The smallest absolute Gasteiger partial charge is 0.220 e. The van der Waals surface area contributed by atoms with E-state index < -0.39 is 0 Å². The summed E-state index contributed by atoms with van der Waals surface area (Å²) in [4.78, 5) is 12.9. The predicted octanol–water partition coefficient (Wildman–Crippen LogP) is 6.82. The molecule has 34 heavy (non-hydrogen) atoms. The van der Waals surface area contributed by atoms with Crippen LogP contribution in [-0.4, -0.2) is 17.0 Å². The van der Waals surface area contributed by atoms with Gasteiger partial charge in [-0.1, -0.05) is 74.0 Å². The lowest BCUT2D eigenvalue weighted by atomic mass is 9.88. The molecule has 1 aromatic heterocycles. The summed E-state index contributed by atoms with van der Waals surface area (Å²) in [6, 6.07) is 23.4. The zero-order valence-corrected chi connectivity index (χ0v) is 20.2. The molecule has 1 atom stereocenters. The standard InChI is InChI=1S/C30H33FN2O/c1-21(2)16-17-32-30(34)18-27(24-12-14-25(31)15-13-24)28-20-33(29-7-5-4-6-26(28)29)19-23-10-8-22(3)9-11-23/h4-15,20-21,27H,16-19H2,1-3H3,(H,32,34). The summed E-state index contributed by atoms with van der Waals surface area (Å²) in [5.41, 5.74) is 5.63. The number of para-hydroxylation sites is 1. The number of benzene rings is 3. The predicted molar refractivity (Wildman–Crippen MR) is 138 cm³/mol. The number of aromatic nitrogens is 1. The molecule has 1 heterocycles. The maximum atomic E-state index is 13.7. The number of aryl methyl sites for hydroxylation is 1. The molecule has 0 spiro atoms. The van der Waals surface area contributed by atoms with Crippen LogP contribution in [0.2, 0.25) is 0 Å². The SMILES string of the molecule is Cc1ccc(Cn2cc(C(CC(=O)NCCC(C)C)c3ccc(F)cc3)c3ccccc32)cc1. The number of nitrogens with zero attached hydrogens (tertiary/aromatic N) is 1. The molecule has 0 saturated heterocycles. The monoisotopic (exact) mass is 456 g/mol. The van der Waals surface area contributed by atoms with Crippen LogP contribution in [-0.2, 0) is 11.3 Å². The van der Waals surface area contributed by atoms with Crippen LogP contribution in [0.1, 0.15) is 54.9 Å². The van der Waals surface area contributed by atoms with E-state index in [2.05, 4.69) is 73.3 Å². The lowest BCUT2D eigenvalue weighted by Crippen LogP contribution is -2.27. The maximum Gasteiger partial charge on any atom is 0.220 e. The normalized spacial score (nSPS) is 12.3. The molecule has 0 aliphatic carbocycles. The molecule has 0 aliphatic rings. The van der Waals surface area contributed by atoms with E-state index in [4.69, 9.17) is 0 Å². The second-order valence-electron chi connectivity index (χ2n) is 9.56. The Balaban J connectivity index is 1.70. The fourth-order valence-electron chi connectivity index (χ4n) is 4.43. The van der Waals surface area contributed by atoms with E-state index in [9.17, 15) is 9.18 Å². The number of halogens is 1. The van der Waals surface area contributed by atoms with Crippen molar-refractivity contribution < 1.29 is 9.18 Å². The van der Waals surface area contributed by atoms with Crippen LogP contribution in [0.3, 0.4) is 0 Å². The van der Waals surface area contributed by atoms with Gasteiger partial charge in [0, 0.05) is 42.5 Å². The summed E-state index contributed by atoms with van der Waals surface area (Å²) in [7, 11) is 0. The first-order valence-corrected chi connectivity index (χ1v) is 12.1. The molecule has 1 amide bonds. The third-order valence-corrected chi connectivity index (χ3v) is 6.37. The van der Waals surface area contributed by atoms with Gasteiger partial charge in [0.2, 0.25) is 5.91 Å². The van der Waals surface area contributed by atoms with Gasteiger partial charge in [0.1, 0.15) is 5.82 Å². The Kier molecular flexibility index (Phi) is 7.46. The molecule has 4 heteroatoms. The van der Waals surface area contributed by atoms with Crippen LogP contribution in [0.4, 0.5) is 4.39 Å². The topological polar surface area (TPSA) is 34.0 Å². The molecule has 176 valence electrons. The quantitative estimate of drug-likeness (QED) is 0.295. The van der Waals surface area contributed by atoms with Gasteiger partial charge in [-0.25, -0.2) is 4.39 Å². The van der Waals surface area contributed by atoms with Crippen molar-refractivity contribution in [3.8, 4) is 0 Å². The number of amides is 1. The molecule has 4 aromatic rings. The molecule has 3 aromatic carbocycles. The Hall–Kier alpha value is -3.40. The number of hydrogen-bond donors (Lipinski definition) is 1. The summed E-state index contributed by atoms with van der Waals surface area (Å²) in [5, 5.41) is 4.20. The number of hydrogen-bond acceptors (Lipinski definition) is 1. The van der Waals surface area contributed by atoms with Crippen LogP contribution >= 0.6 is 0 Å². The molecular weight excluding hydrogens is 423 g/mol. The third kappa shape index (κ3) is 5.74. The Morgan fingerprint density at radius 1 is 0.971 bits per heavy atom. The lowest BCUT2D eigenvalue weighted by Gasteiger charge is -2.18. The highest BCUT2D eigenvalue weighted by Crippen LogP contribution is 2.35. The van der Waals surface area contributed by atoms with E-state index in [1.807, 2.05) is 12.1 Å². The third-order valence-electron chi connectivity index (χ3n) is 6.37. The largest absolute Gasteiger partial charge is 0.356 e. The van der Waals surface area contributed by atoms with Crippen LogP contribution in [0.5, 0.6) is 0 Å². The number of carbonyl (C=O) groups is 1. The van der Waals surface area contributed by atoms with Gasteiger partial charge in [0.25, 0.3) is 0 Å². The zero-order chi connectivity index (χ0) is 24.1. The van der Waals surface area contributed by atoms with E-state index >= 15 is 0 Å². The van der Waals surface area contributed by atoms with E-state index in [1.165, 1.54) is 23.3 Å².